The van der Waals surface area contributed by atoms with E-state index in [1.165, 1.54) is 19.3 Å². The van der Waals surface area contributed by atoms with Crippen LogP contribution in [0, 0.1) is 5.92 Å². The SMILES string of the molecule is O=C(O)C1CC2CCCCC2N1CCOc1cccc(Cl)c1. The van der Waals surface area contributed by atoms with Gasteiger partial charge < -0.3 is 9.84 Å². The lowest BCUT2D eigenvalue weighted by Crippen LogP contribution is -2.44. The fourth-order valence-electron chi connectivity index (χ4n) is 3.94. The number of rotatable bonds is 5. The van der Waals surface area contributed by atoms with Crippen molar-refractivity contribution in [3.05, 3.63) is 29.3 Å². The Morgan fingerprint density at radius 1 is 1.36 bits per heavy atom. The van der Waals surface area contributed by atoms with Crippen LogP contribution in [-0.2, 0) is 4.79 Å². The van der Waals surface area contributed by atoms with Crippen molar-refractivity contribution < 1.29 is 14.6 Å². The smallest absolute Gasteiger partial charge is 0.320 e. The van der Waals surface area contributed by atoms with E-state index >= 15 is 0 Å². The van der Waals surface area contributed by atoms with Crippen LogP contribution in [0.4, 0.5) is 0 Å². The van der Waals surface area contributed by atoms with Gasteiger partial charge in [-0.1, -0.05) is 30.5 Å². The summed E-state index contributed by atoms with van der Waals surface area (Å²) in [6.45, 7) is 1.15. The molecule has 1 heterocycles. The zero-order valence-electron chi connectivity index (χ0n) is 12.6. The molecule has 1 N–H and O–H groups in total. The van der Waals surface area contributed by atoms with E-state index in [1.807, 2.05) is 18.2 Å². The van der Waals surface area contributed by atoms with Gasteiger partial charge in [0, 0.05) is 17.6 Å². The van der Waals surface area contributed by atoms with Gasteiger partial charge in [-0.25, -0.2) is 0 Å². The van der Waals surface area contributed by atoms with Crippen LogP contribution >= 0.6 is 11.6 Å². The molecule has 3 atom stereocenters. The van der Waals surface area contributed by atoms with Crippen LogP contribution in [0.3, 0.4) is 0 Å². The van der Waals surface area contributed by atoms with Crippen molar-refractivity contribution in [2.75, 3.05) is 13.2 Å². The number of aliphatic carboxylic acids is 1. The highest BCUT2D eigenvalue weighted by molar-refractivity contribution is 6.30. The summed E-state index contributed by atoms with van der Waals surface area (Å²) in [6.07, 6.45) is 5.52. The summed E-state index contributed by atoms with van der Waals surface area (Å²) in [7, 11) is 0. The molecule has 4 nitrogen and oxygen atoms in total. The van der Waals surface area contributed by atoms with E-state index in [4.69, 9.17) is 16.3 Å². The molecule has 3 rings (SSSR count). The zero-order valence-corrected chi connectivity index (χ0v) is 13.3. The molecule has 1 aliphatic heterocycles. The Morgan fingerprint density at radius 2 is 2.18 bits per heavy atom. The minimum absolute atomic E-state index is 0.351. The van der Waals surface area contributed by atoms with Gasteiger partial charge in [0.1, 0.15) is 18.4 Å². The number of ether oxygens (including phenoxy) is 1. The first kappa shape index (κ1) is 15.6. The average molecular weight is 324 g/mol. The largest absolute Gasteiger partial charge is 0.492 e. The van der Waals surface area contributed by atoms with Crippen molar-refractivity contribution >= 4 is 17.6 Å². The Hall–Kier alpha value is -1.26. The number of halogens is 1. The summed E-state index contributed by atoms with van der Waals surface area (Å²) in [5, 5.41) is 10.1. The number of hydrogen-bond donors (Lipinski definition) is 1. The molecule has 1 aromatic carbocycles. The van der Waals surface area contributed by atoms with E-state index in [0.717, 1.165) is 18.6 Å². The third-order valence-electron chi connectivity index (χ3n) is 4.92. The second-order valence-electron chi connectivity index (χ2n) is 6.25. The number of carbonyl (C=O) groups is 1. The van der Waals surface area contributed by atoms with Crippen LogP contribution in [0.15, 0.2) is 24.3 Å². The Bertz CT molecular complexity index is 536. The fraction of sp³-hybridized carbons (Fsp3) is 0.588. The molecule has 1 saturated carbocycles. The Balaban J connectivity index is 1.60. The van der Waals surface area contributed by atoms with Crippen LogP contribution in [0.25, 0.3) is 0 Å². The van der Waals surface area contributed by atoms with Gasteiger partial charge in [-0.3, -0.25) is 9.69 Å². The topological polar surface area (TPSA) is 49.8 Å². The summed E-state index contributed by atoms with van der Waals surface area (Å²) in [5.74, 6) is 0.581. The molecule has 5 heteroatoms. The van der Waals surface area contributed by atoms with Gasteiger partial charge in [0.25, 0.3) is 0 Å². The highest BCUT2D eigenvalue weighted by Gasteiger charge is 2.44. The highest BCUT2D eigenvalue weighted by atomic mass is 35.5. The predicted octanol–water partition coefficient (Wildman–Crippen LogP) is 3.44. The first-order valence-electron chi connectivity index (χ1n) is 8.02. The van der Waals surface area contributed by atoms with E-state index in [9.17, 15) is 9.90 Å². The van der Waals surface area contributed by atoms with Crippen LogP contribution in [-0.4, -0.2) is 41.2 Å². The maximum absolute atomic E-state index is 11.5. The lowest BCUT2D eigenvalue weighted by molar-refractivity contribution is -0.142. The minimum atomic E-state index is -0.697. The summed E-state index contributed by atoms with van der Waals surface area (Å²) < 4.78 is 5.74. The molecule has 1 saturated heterocycles. The lowest BCUT2D eigenvalue weighted by atomic mass is 9.85. The summed E-state index contributed by atoms with van der Waals surface area (Å²) in [5.41, 5.74) is 0. The molecule has 0 spiro atoms. The molecule has 22 heavy (non-hydrogen) atoms. The molecule has 0 aromatic heterocycles. The van der Waals surface area contributed by atoms with Crippen LogP contribution in [0.5, 0.6) is 5.75 Å². The van der Waals surface area contributed by atoms with Gasteiger partial charge in [-0.15, -0.1) is 0 Å². The van der Waals surface area contributed by atoms with Gasteiger partial charge in [-0.05, 0) is 43.4 Å². The second-order valence-corrected chi connectivity index (χ2v) is 6.68. The van der Waals surface area contributed by atoms with Gasteiger partial charge in [0.2, 0.25) is 0 Å². The Labute approximate surface area is 136 Å². The molecular weight excluding hydrogens is 302 g/mol. The van der Waals surface area contributed by atoms with Gasteiger partial charge in [0.05, 0.1) is 0 Å². The summed E-state index contributed by atoms with van der Waals surface area (Å²) >= 11 is 5.94. The molecule has 1 aromatic rings. The first-order valence-corrected chi connectivity index (χ1v) is 8.40. The average Bonchev–Trinajstić information content (AvgIpc) is 2.87. The number of likely N-dealkylation sites (tertiary alicyclic amines) is 1. The standard InChI is InChI=1S/C17H22ClNO3/c18-13-5-3-6-14(11-13)22-9-8-19-15-7-2-1-4-12(15)10-16(19)17(20)21/h3,5-6,11-12,15-16H,1-2,4,7-10H2,(H,20,21). The van der Waals surface area contributed by atoms with E-state index in [-0.39, 0.29) is 6.04 Å². The molecular formula is C17H22ClNO3. The van der Waals surface area contributed by atoms with E-state index in [0.29, 0.717) is 30.1 Å². The second kappa shape index (κ2) is 6.88. The van der Waals surface area contributed by atoms with Crippen molar-refractivity contribution in [2.45, 2.75) is 44.2 Å². The minimum Gasteiger partial charge on any atom is -0.492 e. The summed E-state index contributed by atoms with van der Waals surface area (Å²) in [6, 6.07) is 7.37. The number of hydrogen-bond acceptors (Lipinski definition) is 3. The zero-order chi connectivity index (χ0) is 15.5. The molecule has 2 aliphatic rings. The quantitative estimate of drug-likeness (QED) is 0.902. The van der Waals surface area contributed by atoms with Gasteiger partial charge in [-0.2, -0.15) is 0 Å². The number of nitrogens with zero attached hydrogens (tertiary/aromatic N) is 1. The third kappa shape index (κ3) is 3.39. The Morgan fingerprint density at radius 3 is 2.95 bits per heavy atom. The molecule has 0 bridgehead atoms. The highest BCUT2D eigenvalue weighted by Crippen LogP contribution is 2.39. The van der Waals surface area contributed by atoms with Gasteiger partial charge >= 0.3 is 5.97 Å². The van der Waals surface area contributed by atoms with Crippen molar-refractivity contribution in [1.82, 2.24) is 4.90 Å². The molecule has 120 valence electrons. The first-order chi connectivity index (χ1) is 10.6. The van der Waals surface area contributed by atoms with Crippen molar-refractivity contribution in [3.63, 3.8) is 0 Å². The summed E-state index contributed by atoms with van der Waals surface area (Å²) in [4.78, 5) is 13.7. The number of carboxylic acids is 1. The maximum atomic E-state index is 11.5. The number of benzene rings is 1. The molecule has 1 aliphatic carbocycles. The monoisotopic (exact) mass is 323 g/mol. The predicted molar refractivity (Wildman–Crippen MR) is 85.4 cm³/mol. The normalized spacial score (nSPS) is 28.3. The Kier molecular flexibility index (Phi) is 4.89. The van der Waals surface area contributed by atoms with Crippen LogP contribution in [0.2, 0.25) is 5.02 Å². The van der Waals surface area contributed by atoms with Crippen molar-refractivity contribution in [1.29, 1.82) is 0 Å². The van der Waals surface area contributed by atoms with E-state index in [1.54, 1.807) is 6.07 Å². The van der Waals surface area contributed by atoms with Gasteiger partial charge in [0.15, 0.2) is 0 Å². The van der Waals surface area contributed by atoms with E-state index < -0.39 is 5.97 Å². The van der Waals surface area contributed by atoms with Crippen LogP contribution < -0.4 is 4.74 Å². The maximum Gasteiger partial charge on any atom is 0.320 e. The molecule has 3 unspecified atom stereocenters. The van der Waals surface area contributed by atoms with Crippen molar-refractivity contribution in [2.24, 2.45) is 5.92 Å². The number of fused-ring (bicyclic) bond motifs is 1. The molecule has 0 radical (unpaired) electrons. The van der Waals surface area contributed by atoms with Crippen molar-refractivity contribution in [3.8, 4) is 5.75 Å². The third-order valence-corrected chi connectivity index (χ3v) is 5.16. The van der Waals surface area contributed by atoms with Crippen LogP contribution in [0.1, 0.15) is 32.1 Å². The lowest BCUT2D eigenvalue weighted by Gasteiger charge is -2.32. The van der Waals surface area contributed by atoms with E-state index in [2.05, 4.69) is 4.90 Å². The molecule has 0 amide bonds. The number of carboxylic acid groups (broad SMARTS) is 1. The molecule has 2 fully saturated rings. The fourth-order valence-corrected chi connectivity index (χ4v) is 4.12.